The standard InChI is InChI=1S/C10H11ClN2O/c11-3-4-12-8-2-1-7-6-13-10(14)9(7)5-8/h1-2,5,12H,3-4,6H2,(H,13,14). The molecule has 3 nitrogen and oxygen atoms in total. The summed E-state index contributed by atoms with van der Waals surface area (Å²) in [6.45, 7) is 1.35. The third-order valence-electron chi connectivity index (χ3n) is 2.22. The van der Waals surface area contributed by atoms with Gasteiger partial charge in [0.15, 0.2) is 0 Å². The van der Waals surface area contributed by atoms with Gasteiger partial charge >= 0.3 is 0 Å². The molecule has 0 atom stereocenters. The van der Waals surface area contributed by atoms with Gasteiger partial charge < -0.3 is 10.6 Å². The van der Waals surface area contributed by atoms with Crippen LogP contribution >= 0.6 is 11.6 Å². The molecule has 0 aromatic heterocycles. The van der Waals surface area contributed by atoms with Crippen molar-refractivity contribution in [2.75, 3.05) is 17.7 Å². The van der Waals surface area contributed by atoms with Gasteiger partial charge in [0, 0.05) is 30.2 Å². The summed E-state index contributed by atoms with van der Waals surface area (Å²) in [5.74, 6) is 0.568. The van der Waals surface area contributed by atoms with Gasteiger partial charge in [-0.25, -0.2) is 0 Å². The second-order valence-electron chi connectivity index (χ2n) is 3.17. The smallest absolute Gasteiger partial charge is 0.251 e. The van der Waals surface area contributed by atoms with Crippen molar-refractivity contribution in [2.24, 2.45) is 0 Å². The van der Waals surface area contributed by atoms with Gasteiger partial charge in [-0.15, -0.1) is 11.6 Å². The lowest BCUT2D eigenvalue weighted by Crippen LogP contribution is -2.12. The van der Waals surface area contributed by atoms with Gasteiger partial charge in [0.2, 0.25) is 0 Å². The van der Waals surface area contributed by atoms with Crippen molar-refractivity contribution in [1.29, 1.82) is 0 Å². The van der Waals surface area contributed by atoms with Crippen molar-refractivity contribution >= 4 is 23.2 Å². The Bertz CT molecular complexity index is 365. The molecule has 0 saturated heterocycles. The molecule has 4 heteroatoms. The Balaban J connectivity index is 2.21. The topological polar surface area (TPSA) is 41.1 Å². The summed E-state index contributed by atoms with van der Waals surface area (Å²) < 4.78 is 0. The minimum absolute atomic E-state index is 0.00882. The van der Waals surface area contributed by atoms with Gasteiger partial charge in [-0.1, -0.05) is 6.07 Å². The Morgan fingerprint density at radius 2 is 2.36 bits per heavy atom. The summed E-state index contributed by atoms with van der Waals surface area (Å²) in [5.41, 5.74) is 2.78. The number of alkyl halides is 1. The average Bonchev–Trinajstić information content (AvgIpc) is 2.57. The molecule has 2 N–H and O–H groups in total. The van der Waals surface area contributed by atoms with Gasteiger partial charge in [-0.2, -0.15) is 0 Å². The number of hydrogen-bond acceptors (Lipinski definition) is 2. The molecule has 0 radical (unpaired) electrons. The lowest BCUT2D eigenvalue weighted by atomic mass is 10.1. The number of nitrogens with one attached hydrogen (secondary N) is 2. The fourth-order valence-electron chi connectivity index (χ4n) is 1.51. The first kappa shape index (κ1) is 9.34. The van der Waals surface area contributed by atoms with Gasteiger partial charge in [0.25, 0.3) is 5.91 Å². The molecule has 1 aliphatic heterocycles. The van der Waals surface area contributed by atoms with E-state index in [1.54, 1.807) is 0 Å². The first-order valence-electron chi connectivity index (χ1n) is 4.52. The number of carbonyl (C=O) groups excluding carboxylic acids is 1. The van der Waals surface area contributed by atoms with E-state index in [-0.39, 0.29) is 5.91 Å². The molecule has 74 valence electrons. The Morgan fingerprint density at radius 1 is 1.50 bits per heavy atom. The van der Waals surface area contributed by atoms with Crippen LogP contribution < -0.4 is 10.6 Å². The SMILES string of the molecule is O=C1NCc2ccc(NCCCl)cc21. The minimum Gasteiger partial charge on any atom is -0.384 e. The van der Waals surface area contributed by atoms with Crippen LogP contribution in [0, 0.1) is 0 Å². The van der Waals surface area contributed by atoms with E-state index in [1.165, 1.54) is 0 Å². The molecular formula is C10H11ClN2O. The van der Waals surface area contributed by atoms with Crippen LogP contribution in [-0.2, 0) is 6.54 Å². The van der Waals surface area contributed by atoms with E-state index in [1.807, 2.05) is 18.2 Å². The normalized spacial score (nSPS) is 13.6. The van der Waals surface area contributed by atoms with E-state index < -0.39 is 0 Å². The average molecular weight is 211 g/mol. The van der Waals surface area contributed by atoms with Crippen molar-refractivity contribution in [2.45, 2.75) is 6.54 Å². The van der Waals surface area contributed by atoms with E-state index in [0.29, 0.717) is 19.0 Å². The van der Waals surface area contributed by atoms with Crippen LogP contribution in [0.15, 0.2) is 18.2 Å². The highest BCUT2D eigenvalue weighted by atomic mass is 35.5. The number of anilines is 1. The molecule has 0 aliphatic carbocycles. The molecule has 1 aliphatic rings. The highest BCUT2D eigenvalue weighted by Crippen LogP contribution is 2.19. The fraction of sp³-hybridized carbons (Fsp3) is 0.300. The zero-order valence-corrected chi connectivity index (χ0v) is 8.40. The minimum atomic E-state index is 0.00882. The largest absolute Gasteiger partial charge is 0.384 e. The third-order valence-corrected chi connectivity index (χ3v) is 2.41. The summed E-state index contributed by atoms with van der Waals surface area (Å²) in [5, 5.41) is 5.91. The van der Waals surface area contributed by atoms with E-state index in [4.69, 9.17) is 11.6 Å². The summed E-state index contributed by atoms with van der Waals surface area (Å²) in [4.78, 5) is 11.3. The maximum atomic E-state index is 11.3. The predicted octanol–water partition coefficient (Wildman–Crippen LogP) is 1.58. The highest BCUT2D eigenvalue weighted by Gasteiger charge is 2.18. The van der Waals surface area contributed by atoms with Crippen LogP contribution in [0.1, 0.15) is 15.9 Å². The molecule has 1 aromatic carbocycles. The number of benzene rings is 1. The maximum Gasteiger partial charge on any atom is 0.251 e. The molecule has 0 saturated carbocycles. The number of hydrogen-bond donors (Lipinski definition) is 2. The number of fused-ring (bicyclic) bond motifs is 1. The molecule has 1 heterocycles. The Hall–Kier alpha value is -1.22. The van der Waals surface area contributed by atoms with Crippen LogP contribution in [0.5, 0.6) is 0 Å². The summed E-state index contributed by atoms with van der Waals surface area (Å²) >= 11 is 5.56. The maximum absolute atomic E-state index is 11.3. The van der Waals surface area contributed by atoms with E-state index in [0.717, 1.165) is 16.8 Å². The fourth-order valence-corrected chi connectivity index (χ4v) is 1.61. The number of amides is 1. The summed E-state index contributed by atoms with van der Waals surface area (Å²) in [6.07, 6.45) is 0. The summed E-state index contributed by atoms with van der Waals surface area (Å²) in [6, 6.07) is 5.79. The van der Waals surface area contributed by atoms with Crippen LogP contribution in [-0.4, -0.2) is 18.3 Å². The molecule has 0 unspecified atom stereocenters. The lowest BCUT2D eigenvalue weighted by molar-refractivity contribution is 0.0966. The quantitative estimate of drug-likeness (QED) is 0.744. The number of rotatable bonds is 3. The van der Waals surface area contributed by atoms with Crippen molar-refractivity contribution in [3.05, 3.63) is 29.3 Å². The molecule has 2 rings (SSSR count). The van der Waals surface area contributed by atoms with E-state index in [9.17, 15) is 4.79 Å². The van der Waals surface area contributed by atoms with Gasteiger partial charge in [0.05, 0.1) is 0 Å². The van der Waals surface area contributed by atoms with E-state index >= 15 is 0 Å². The lowest BCUT2D eigenvalue weighted by Gasteiger charge is -2.04. The van der Waals surface area contributed by atoms with Gasteiger partial charge in [0.1, 0.15) is 0 Å². The van der Waals surface area contributed by atoms with Crippen LogP contribution in [0.4, 0.5) is 5.69 Å². The van der Waals surface area contributed by atoms with Gasteiger partial charge in [-0.05, 0) is 17.7 Å². The third kappa shape index (κ3) is 1.68. The molecule has 1 amide bonds. The molecular weight excluding hydrogens is 200 g/mol. The number of halogens is 1. The molecule has 0 spiro atoms. The first-order valence-corrected chi connectivity index (χ1v) is 5.05. The van der Waals surface area contributed by atoms with E-state index in [2.05, 4.69) is 10.6 Å². The van der Waals surface area contributed by atoms with Crippen LogP contribution in [0.25, 0.3) is 0 Å². The Labute approximate surface area is 87.4 Å². The molecule has 0 fully saturated rings. The predicted molar refractivity (Wildman–Crippen MR) is 56.8 cm³/mol. The van der Waals surface area contributed by atoms with Crippen molar-refractivity contribution in [1.82, 2.24) is 5.32 Å². The van der Waals surface area contributed by atoms with Crippen LogP contribution in [0.2, 0.25) is 0 Å². The zero-order chi connectivity index (χ0) is 9.97. The van der Waals surface area contributed by atoms with Crippen molar-refractivity contribution < 1.29 is 4.79 Å². The molecule has 14 heavy (non-hydrogen) atoms. The zero-order valence-electron chi connectivity index (χ0n) is 7.64. The molecule has 0 bridgehead atoms. The summed E-state index contributed by atoms with van der Waals surface area (Å²) in [7, 11) is 0. The Kier molecular flexibility index (Phi) is 2.59. The number of carbonyl (C=O) groups is 1. The van der Waals surface area contributed by atoms with Gasteiger partial charge in [-0.3, -0.25) is 4.79 Å². The first-order chi connectivity index (χ1) is 6.81. The highest BCUT2D eigenvalue weighted by molar-refractivity contribution is 6.18. The van der Waals surface area contributed by atoms with Crippen molar-refractivity contribution in [3.63, 3.8) is 0 Å². The monoisotopic (exact) mass is 210 g/mol. The Morgan fingerprint density at radius 3 is 3.14 bits per heavy atom. The molecule has 1 aromatic rings. The second kappa shape index (κ2) is 3.88. The van der Waals surface area contributed by atoms with Crippen molar-refractivity contribution in [3.8, 4) is 0 Å². The van der Waals surface area contributed by atoms with Crippen LogP contribution in [0.3, 0.4) is 0 Å². The second-order valence-corrected chi connectivity index (χ2v) is 3.55.